The Morgan fingerprint density at radius 2 is 2.09 bits per heavy atom. The molecule has 1 rings (SSSR count). The number of aryl methyl sites for hydroxylation is 1. The van der Waals surface area contributed by atoms with Gasteiger partial charge in [-0.05, 0) is 12.5 Å². The van der Waals surface area contributed by atoms with Gasteiger partial charge in [0, 0.05) is 6.42 Å². The summed E-state index contributed by atoms with van der Waals surface area (Å²) in [4.78, 5) is 0. The molecule has 0 fully saturated rings. The van der Waals surface area contributed by atoms with Crippen LogP contribution in [0.4, 0.5) is 0 Å². The highest BCUT2D eigenvalue weighted by Crippen LogP contribution is 2.04. The molecule has 11 heavy (non-hydrogen) atoms. The van der Waals surface area contributed by atoms with Gasteiger partial charge in [-0.1, -0.05) is 29.8 Å². The van der Waals surface area contributed by atoms with Gasteiger partial charge in [-0.2, -0.15) is 0 Å². The van der Waals surface area contributed by atoms with E-state index in [0.29, 0.717) is 0 Å². The number of hydrogen-bond acceptors (Lipinski definition) is 2. The molecule has 0 aliphatic rings. The lowest BCUT2D eigenvalue weighted by Gasteiger charge is -2.05. The number of rotatable bonds is 2. The van der Waals surface area contributed by atoms with E-state index in [1.54, 1.807) is 0 Å². The molecule has 2 nitrogen and oxygen atoms in total. The first-order valence-electron chi connectivity index (χ1n) is 3.75. The molecule has 0 atom stereocenters. The largest absolute Gasteiger partial charge is 0.316 e. The summed E-state index contributed by atoms with van der Waals surface area (Å²) in [6.45, 7) is 2.06. The molecule has 0 saturated carbocycles. The van der Waals surface area contributed by atoms with E-state index >= 15 is 0 Å². The SMILES string of the molecule is Cc1cccc(CC(N)N)c1. The van der Waals surface area contributed by atoms with Crippen LogP contribution in [-0.2, 0) is 6.42 Å². The lowest BCUT2D eigenvalue weighted by molar-refractivity contribution is 0.703. The van der Waals surface area contributed by atoms with E-state index in [9.17, 15) is 0 Å². The fourth-order valence-corrected chi connectivity index (χ4v) is 1.11. The Hall–Kier alpha value is -0.860. The minimum Gasteiger partial charge on any atom is -0.316 e. The van der Waals surface area contributed by atoms with Crippen LogP contribution >= 0.6 is 0 Å². The van der Waals surface area contributed by atoms with Gasteiger partial charge in [-0.3, -0.25) is 0 Å². The van der Waals surface area contributed by atoms with E-state index in [1.165, 1.54) is 11.1 Å². The molecular formula is C9H14N2. The first kappa shape index (κ1) is 8.24. The van der Waals surface area contributed by atoms with Gasteiger partial charge < -0.3 is 11.5 Å². The molecule has 1 aromatic carbocycles. The first-order valence-corrected chi connectivity index (χ1v) is 3.75. The predicted octanol–water partition coefficient (Wildman–Crippen LogP) is 0.781. The Kier molecular flexibility index (Phi) is 2.63. The Bertz CT molecular complexity index is 231. The molecule has 4 N–H and O–H groups in total. The van der Waals surface area contributed by atoms with Crippen LogP contribution in [0.1, 0.15) is 11.1 Å². The normalized spacial score (nSPS) is 10.5. The summed E-state index contributed by atoms with van der Waals surface area (Å²) in [5.41, 5.74) is 13.4. The molecule has 0 aliphatic carbocycles. The second kappa shape index (κ2) is 3.51. The monoisotopic (exact) mass is 150 g/mol. The maximum Gasteiger partial charge on any atom is 0.0562 e. The number of nitrogens with two attached hydrogens (primary N) is 2. The predicted molar refractivity (Wildman–Crippen MR) is 47.0 cm³/mol. The molecule has 0 saturated heterocycles. The minimum atomic E-state index is -0.239. The van der Waals surface area contributed by atoms with Crippen molar-refractivity contribution < 1.29 is 0 Å². The minimum absolute atomic E-state index is 0.239. The van der Waals surface area contributed by atoms with Crippen molar-refractivity contribution in [2.75, 3.05) is 0 Å². The summed E-state index contributed by atoms with van der Waals surface area (Å²) < 4.78 is 0. The Labute approximate surface area is 67.2 Å². The summed E-state index contributed by atoms with van der Waals surface area (Å²) in [5, 5.41) is 0. The van der Waals surface area contributed by atoms with Crippen molar-refractivity contribution in [3.05, 3.63) is 35.4 Å². The summed E-state index contributed by atoms with van der Waals surface area (Å²) in [6.07, 6.45) is 0.513. The van der Waals surface area contributed by atoms with Crippen LogP contribution in [0.2, 0.25) is 0 Å². The van der Waals surface area contributed by atoms with Gasteiger partial charge in [0.1, 0.15) is 0 Å². The lowest BCUT2D eigenvalue weighted by atomic mass is 10.1. The third-order valence-corrected chi connectivity index (χ3v) is 1.55. The van der Waals surface area contributed by atoms with Gasteiger partial charge in [-0.25, -0.2) is 0 Å². The molecule has 0 bridgehead atoms. The molecular weight excluding hydrogens is 136 g/mol. The molecule has 1 aromatic rings. The quantitative estimate of drug-likeness (QED) is 0.612. The molecule has 2 heteroatoms. The molecule has 0 radical (unpaired) electrons. The second-order valence-corrected chi connectivity index (χ2v) is 2.86. The van der Waals surface area contributed by atoms with Gasteiger partial charge in [0.15, 0.2) is 0 Å². The van der Waals surface area contributed by atoms with Crippen molar-refractivity contribution in [2.24, 2.45) is 11.5 Å². The van der Waals surface area contributed by atoms with Crippen LogP contribution in [0, 0.1) is 6.92 Å². The Morgan fingerprint density at radius 3 is 2.64 bits per heavy atom. The van der Waals surface area contributed by atoms with Crippen molar-refractivity contribution in [3.63, 3.8) is 0 Å². The standard InChI is InChI=1S/C9H14N2/c1-7-3-2-4-8(5-7)6-9(10)11/h2-5,9H,6,10-11H2,1H3. The maximum absolute atomic E-state index is 5.45. The van der Waals surface area contributed by atoms with Crippen LogP contribution in [-0.4, -0.2) is 6.17 Å². The van der Waals surface area contributed by atoms with Gasteiger partial charge >= 0.3 is 0 Å². The molecule has 0 aromatic heterocycles. The Balaban J connectivity index is 2.71. The first-order chi connectivity index (χ1) is 5.18. The molecule has 0 heterocycles. The third kappa shape index (κ3) is 2.70. The molecule has 0 amide bonds. The van der Waals surface area contributed by atoms with Crippen LogP contribution in [0.5, 0.6) is 0 Å². The number of hydrogen-bond donors (Lipinski definition) is 2. The van der Waals surface area contributed by atoms with Gasteiger partial charge in [-0.15, -0.1) is 0 Å². The van der Waals surface area contributed by atoms with E-state index in [1.807, 2.05) is 12.1 Å². The fourth-order valence-electron chi connectivity index (χ4n) is 1.11. The van der Waals surface area contributed by atoms with Crippen molar-refractivity contribution >= 4 is 0 Å². The van der Waals surface area contributed by atoms with E-state index in [2.05, 4.69) is 19.1 Å². The maximum atomic E-state index is 5.45. The lowest BCUT2D eigenvalue weighted by Crippen LogP contribution is -2.32. The number of benzene rings is 1. The van der Waals surface area contributed by atoms with E-state index in [-0.39, 0.29) is 6.17 Å². The van der Waals surface area contributed by atoms with Crippen molar-refractivity contribution in [2.45, 2.75) is 19.5 Å². The molecule has 60 valence electrons. The van der Waals surface area contributed by atoms with E-state index in [0.717, 1.165) is 6.42 Å². The fraction of sp³-hybridized carbons (Fsp3) is 0.333. The highest BCUT2D eigenvalue weighted by atomic mass is 14.8. The van der Waals surface area contributed by atoms with E-state index < -0.39 is 0 Å². The summed E-state index contributed by atoms with van der Waals surface area (Å²) in [7, 11) is 0. The zero-order valence-electron chi connectivity index (χ0n) is 6.75. The zero-order valence-corrected chi connectivity index (χ0v) is 6.75. The van der Waals surface area contributed by atoms with Gasteiger partial charge in [0.2, 0.25) is 0 Å². The van der Waals surface area contributed by atoms with Crippen molar-refractivity contribution in [1.29, 1.82) is 0 Å². The summed E-state index contributed by atoms with van der Waals surface area (Å²) in [6, 6.07) is 8.23. The highest BCUT2D eigenvalue weighted by Gasteiger charge is 1.96. The van der Waals surface area contributed by atoms with Crippen LogP contribution in [0.3, 0.4) is 0 Å². The van der Waals surface area contributed by atoms with Crippen molar-refractivity contribution in [3.8, 4) is 0 Å². The summed E-state index contributed by atoms with van der Waals surface area (Å²) in [5.74, 6) is 0. The molecule has 0 spiro atoms. The van der Waals surface area contributed by atoms with Gasteiger partial charge in [0.25, 0.3) is 0 Å². The van der Waals surface area contributed by atoms with Gasteiger partial charge in [0.05, 0.1) is 6.17 Å². The third-order valence-electron chi connectivity index (χ3n) is 1.55. The molecule has 0 aliphatic heterocycles. The van der Waals surface area contributed by atoms with E-state index in [4.69, 9.17) is 11.5 Å². The van der Waals surface area contributed by atoms with Crippen LogP contribution in [0.15, 0.2) is 24.3 Å². The topological polar surface area (TPSA) is 52.0 Å². The molecule has 0 unspecified atom stereocenters. The second-order valence-electron chi connectivity index (χ2n) is 2.86. The average molecular weight is 150 g/mol. The zero-order chi connectivity index (χ0) is 8.27. The van der Waals surface area contributed by atoms with Crippen LogP contribution < -0.4 is 11.5 Å². The average Bonchev–Trinajstić information content (AvgIpc) is 1.85. The van der Waals surface area contributed by atoms with Crippen LogP contribution in [0.25, 0.3) is 0 Å². The smallest absolute Gasteiger partial charge is 0.0562 e. The highest BCUT2D eigenvalue weighted by molar-refractivity contribution is 5.22. The Morgan fingerprint density at radius 1 is 1.36 bits per heavy atom. The van der Waals surface area contributed by atoms with Crippen molar-refractivity contribution in [1.82, 2.24) is 0 Å². The summed E-state index contributed by atoms with van der Waals surface area (Å²) >= 11 is 0.